The SMILES string of the molecule is CCCc1cccc2c(-c3cnc(-c4ccc(C(=O)O)cn4)s3)[nH]nc12. The van der Waals surface area contributed by atoms with Gasteiger partial charge in [0.15, 0.2) is 0 Å². The van der Waals surface area contributed by atoms with Gasteiger partial charge >= 0.3 is 5.97 Å². The Morgan fingerprint density at radius 3 is 2.81 bits per heavy atom. The van der Waals surface area contributed by atoms with Gasteiger partial charge in [0.2, 0.25) is 0 Å². The summed E-state index contributed by atoms with van der Waals surface area (Å²) in [5, 5.41) is 18.4. The molecule has 4 rings (SSSR count). The molecule has 0 unspecified atom stereocenters. The number of aromatic amines is 1. The molecule has 0 fully saturated rings. The number of thiazole rings is 1. The smallest absolute Gasteiger partial charge is 0.337 e. The van der Waals surface area contributed by atoms with Crippen molar-refractivity contribution in [2.24, 2.45) is 0 Å². The van der Waals surface area contributed by atoms with Gasteiger partial charge in [0, 0.05) is 17.8 Å². The van der Waals surface area contributed by atoms with Gasteiger partial charge in [0.05, 0.1) is 27.3 Å². The number of nitrogens with one attached hydrogen (secondary N) is 1. The first-order valence-corrected chi connectivity index (χ1v) is 9.11. The van der Waals surface area contributed by atoms with Crippen LogP contribution < -0.4 is 0 Å². The van der Waals surface area contributed by atoms with Crippen molar-refractivity contribution in [2.75, 3.05) is 0 Å². The number of nitrogens with zero attached hydrogens (tertiary/aromatic N) is 3. The maximum absolute atomic E-state index is 10.9. The Morgan fingerprint density at radius 1 is 1.19 bits per heavy atom. The predicted molar refractivity (Wildman–Crippen MR) is 101 cm³/mol. The fourth-order valence-electron chi connectivity index (χ4n) is 2.91. The summed E-state index contributed by atoms with van der Waals surface area (Å²) in [6, 6.07) is 9.44. The quantitative estimate of drug-likeness (QED) is 0.548. The van der Waals surface area contributed by atoms with Crippen LogP contribution in [0.15, 0.2) is 42.7 Å². The number of benzene rings is 1. The van der Waals surface area contributed by atoms with Gasteiger partial charge < -0.3 is 5.11 Å². The first kappa shape index (κ1) is 16.4. The number of aryl methyl sites for hydroxylation is 1. The molecule has 2 N–H and O–H groups in total. The average molecular weight is 364 g/mol. The van der Waals surface area contributed by atoms with Crippen molar-refractivity contribution in [2.45, 2.75) is 19.8 Å². The number of carbonyl (C=O) groups is 1. The van der Waals surface area contributed by atoms with Crippen molar-refractivity contribution in [3.05, 3.63) is 53.9 Å². The van der Waals surface area contributed by atoms with Crippen molar-refractivity contribution in [3.8, 4) is 21.3 Å². The molecule has 7 heteroatoms. The summed E-state index contributed by atoms with van der Waals surface area (Å²) in [4.78, 5) is 20.6. The first-order chi connectivity index (χ1) is 12.7. The number of fused-ring (bicyclic) bond motifs is 1. The molecule has 0 aliphatic rings. The molecular formula is C19H16N4O2S. The van der Waals surface area contributed by atoms with Gasteiger partial charge in [-0.15, -0.1) is 11.3 Å². The first-order valence-electron chi connectivity index (χ1n) is 8.29. The molecule has 26 heavy (non-hydrogen) atoms. The maximum atomic E-state index is 10.9. The molecule has 3 heterocycles. The van der Waals surface area contributed by atoms with Gasteiger partial charge in [0.1, 0.15) is 5.01 Å². The monoisotopic (exact) mass is 364 g/mol. The van der Waals surface area contributed by atoms with Crippen LogP contribution >= 0.6 is 11.3 Å². The van der Waals surface area contributed by atoms with Crippen LogP contribution in [-0.2, 0) is 6.42 Å². The lowest BCUT2D eigenvalue weighted by Gasteiger charge is -1.99. The highest BCUT2D eigenvalue weighted by atomic mass is 32.1. The molecule has 0 spiro atoms. The van der Waals surface area contributed by atoms with Crippen LogP contribution in [0.1, 0.15) is 29.3 Å². The average Bonchev–Trinajstić information content (AvgIpc) is 3.29. The summed E-state index contributed by atoms with van der Waals surface area (Å²) in [5.74, 6) is -0.990. The number of carboxylic acids is 1. The lowest BCUT2D eigenvalue weighted by Crippen LogP contribution is -1.96. The molecule has 0 amide bonds. The van der Waals surface area contributed by atoms with E-state index in [4.69, 9.17) is 5.11 Å². The second kappa shape index (κ2) is 6.68. The number of H-pyrrole nitrogens is 1. The summed E-state index contributed by atoms with van der Waals surface area (Å²) in [7, 11) is 0. The van der Waals surface area contributed by atoms with Crippen molar-refractivity contribution in [3.63, 3.8) is 0 Å². The van der Waals surface area contributed by atoms with Crippen LogP contribution in [0.2, 0.25) is 0 Å². The number of carboxylic acid groups (broad SMARTS) is 1. The fourth-order valence-corrected chi connectivity index (χ4v) is 3.81. The molecule has 6 nitrogen and oxygen atoms in total. The third-order valence-corrected chi connectivity index (χ3v) is 5.21. The van der Waals surface area contributed by atoms with Gasteiger partial charge in [0.25, 0.3) is 0 Å². The second-order valence-corrected chi connectivity index (χ2v) is 6.96. The highest BCUT2D eigenvalue weighted by molar-refractivity contribution is 7.18. The number of rotatable bonds is 5. The highest BCUT2D eigenvalue weighted by Crippen LogP contribution is 2.34. The van der Waals surface area contributed by atoms with E-state index in [-0.39, 0.29) is 5.56 Å². The summed E-state index contributed by atoms with van der Waals surface area (Å²) >= 11 is 1.50. The minimum Gasteiger partial charge on any atom is -0.478 e. The van der Waals surface area contributed by atoms with E-state index in [1.807, 2.05) is 0 Å². The normalized spacial score (nSPS) is 11.1. The number of aromatic nitrogens is 4. The number of aromatic carboxylic acids is 1. The second-order valence-electron chi connectivity index (χ2n) is 5.93. The van der Waals surface area contributed by atoms with E-state index in [9.17, 15) is 4.79 Å². The van der Waals surface area contributed by atoms with Crippen LogP contribution in [-0.4, -0.2) is 31.2 Å². The number of hydrogen-bond acceptors (Lipinski definition) is 5. The zero-order valence-electron chi connectivity index (χ0n) is 14.1. The van der Waals surface area contributed by atoms with Crippen molar-refractivity contribution >= 4 is 28.2 Å². The maximum Gasteiger partial charge on any atom is 0.337 e. The standard InChI is InChI=1S/C19H16N4O2S/c1-2-4-11-5-3-6-13-16(11)22-23-17(13)15-10-21-18(26-15)14-8-7-12(9-20-14)19(24)25/h3,5-10H,2,4H2,1H3,(H,22,23)(H,24,25). The van der Waals surface area contributed by atoms with Crippen LogP contribution in [0.4, 0.5) is 0 Å². The highest BCUT2D eigenvalue weighted by Gasteiger charge is 2.14. The van der Waals surface area contributed by atoms with Crippen LogP contribution in [0.5, 0.6) is 0 Å². The van der Waals surface area contributed by atoms with Crippen LogP contribution in [0, 0.1) is 0 Å². The van der Waals surface area contributed by atoms with Gasteiger partial charge in [-0.05, 0) is 24.1 Å². The lowest BCUT2D eigenvalue weighted by atomic mass is 10.1. The minimum atomic E-state index is -0.990. The summed E-state index contributed by atoms with van der Waals surface area (Å²) in [6.45, 7) is 2.16. The van der Waals surface area contributed by atoms with Gasteiger partial charge in [-0.2, -0.15) is 5.10 Å². The Hall–Kier alpha value is -3.06. The molecule has 0 saturated heterocycles. The van der Waals surface area contributed by atoms with E-state index >= 15 is 0 Å². The summed E-state index contributed by atoms with van der Waals surface area (Å²) in [5.41, 5.74) is 4.01. The van der Waals surface area contributed by atoms with Crippen molar-refractivity contribution in [1.29, 1.82) is 0 Å². The molecule has 0 bridgehead atoms. The van der Waals surface area contributed by atoms with E-state index in [0.29, 0.717) is 5.69 Å². The Morgan fingerprint density at radius 2 is 2.08 bits per heavy atom. The summed E-state index contributed by atoms with van der Waals surface area (Å²) in [6.07, 6.45) is 5.22. The van der Waals surface area contributed by atoms with E-state index in [0.717, 1.165) is 39.3 Å². The minimum absolute atomic E-state index is 0.161. The molecule has 3 aromatic heterocycles. The van der Waals surface area contributed by atoms with Gasteiger partial charge in [-0.3, -0.25) is 10.1 Å². The van der Waals surface area contributed by atoms with E-state index < -0.39 is 5.97 Å². The molecule has 0 aliphatic carbocycles. The van der Waals surface area contributed by atoms with E-state index in [1.54, 1.807) is 12.3 Å². The van der Waals surface area contributed by atoms with Crippen LogP contribution in [0.3, 0.4) is 0 Å². The molecule has 0 saturated carbocycles. The van der Waals surface area contributed by atoms with Crippen molar-refractivity contribution in [1.82, 2.24) is 20.2 Å². The third kappa shape index (κ3) is 2.86. The lowest BCUT2D eigenvalue weighted by molar-refractivity contribution is 0.0696. The van der Waals surface area contributed by atoms with Crippen molar-refractivity contribution < 1.29 is 9.90 Å². The predicted octanol–water partition coefficient (Wildman–Crippen LogP) is 4.40. The van der Waals surface area contributed by atoms with E-state index in [2.05, 4.69) is 45.3 Å². The molecule has 0 atom stereocenters. The zero-order valence-corrected chi connectivity index (χ0v) is 14.9. The Kier molecular flexibility index (Phi) is 4.22. The molecular weight excluding hydrogens is 348 g/mol. The largest absolute Gasteiger partial charge is 0.478 e. The Labute approximate surface area is 153 Å². The molecule has 130 valence electrons. The fraction of sp³-hybridized carbons (Fsp3) is 0.158. The zero-order chi connectivity index (χ0) is 18.1. The van der Waals surface area contributed by atoms with Gasteiger partial charge in [-0.25, -0.2) is 9.78 Å². The van der Waals surface area contributed by atoms with Crippen LogP contribution in [0.25, 0.3) is 32.2 Å². The summed E-state index contributed by atoms with van der Waals surface area (Å²) < 4.78 is 0. The topological polar surface area (TPSA) is 91.8 Å². The number of hydrogen-bond donors (Lipinski definition) is 2. The number of para-hydroxylation sites is 1. The Balaban J connectivity index is 1.71. The van der Waals surface area contributed by atoms with E-state index in [1.165, 1.54) is 29.2 Å². The third-order valence-electron chi connectivity index (χ3n) is 4.17. The number of pyridine rings is 1. The molecule has 0 aliphatic heterocycles. The molecule has 1 aromatic carbocycles. The molecule has 4 aromatic rings. The molecule has 0 radical (unpaired) electrons. The van der Waals surface area contributed by atoms with Gasteiger partial charge in [-0.1, -0.05) is 31.5 Å². The Bertz CT molecular complexity index is 1080.